The van der Waals surface area contributed by atoms with Crippen molar-refractivity contribution in [3.63, 3.8) is 0 Å². The number of nitrogens with zero attached hydrogens (tertiary/aromatic N) is 1. The maximum Gasteiger partial charge on any atom is 0.106 e. The SMILES string of the molecule is CC(c1cccs1)N(C)c1ccc(Cl)cc1C(N)=S. The van der Waals surface area contributed by atoms with E-state index in [4.69, 9.17) is 29.6 Å². The van der Waals surface area contributed by atoms with Crippen molar-refractivity contribution in [1.82, 2.24) is 0 Å². The minimum atomic E-state index is 0.259. The average Bonchev–Trinajstić information content (AvgIpc) is 2.90. The normalized spacial score (nSPS) is 12.2. The molecule has 19 heavy (non-hydrogen) atoms. The van der Waals surface area contributed by atoms with Crippen molar-refractivity contribution in [2.24, 2.45) is 5.73 Å². The van der Waals surface area contributed by atoms with E-state index in [-0.39, 0.29) is 6.04 Å². The third kappa shape index (κ3) is 3.08. The van der Waals surface area contributed by atoms with Gasteiger partial charge in [0.1, 0.15) is 4.99 Å². The molecule has 0 aliphatic carbocycles. The molecule has 1 heterocycles. The van der Waals surface area contributed by atoms with E-state index in [0.29, 0.717) is 10.0 Å². The molecule has 0 aliphatic heterocycles. The van der Waals surface area contributed by atoms with Gasteiger partial charge in [-0.3, -0.25) is 0 Å². The number of hydrogen-bond donors (Lipinski definition) is 1. The van der Waals surface area contributed by atoms with E-state index < -0.39 is 0 Å². The fourth-order valence-corrected chi connectivity index (χ4v) is 3.10. The summed E-state index contributed by atoms with van der Waals surface area (Å²) < 4.78 is 0. The maximum atomic E-state index is 6.01. The lowest BCUT2D eigenvalue weighted by Gasteiger charge is -2.28. The third-order valence-electron chi connectivity index (χ3n) is 3.14. The second-order valence-corrected chi connectivity index (χ2v) is 6.18. The lowest BCUT2D eigenvalue weighted by molar-refractivity contribution is 0.753. The second-order valence-electron chi connectivity index (χ2n) is 4.33. The highest BCUT2D eigenvalue weighted by atomic mass is 35.5. The molecule has 2 aromatic rings. The molecule has 0 bridgehead atoms. The van der Waals surface area contributed by atoms with Crippen LogP contribution in [0.3, 0.4) is 0 Å². The van der Waals surface area contributed by atoms with Crippen molar-refractivity contribution in [3.05, 3.63) is 51.2 Å². The van der Waals surface area contributed by atoms with Gasteiger partial charge in [-0.05, 0) is 36.6 Å². The summed E-state index contributed by atoms with van der Waals surface area (Å²) in [6.45, 7) is 2.16. The molecule has 0 saturated heterocycles. The molecule has 0 amide bonds. The number of halogens is 1. The molecule has 1 aromatic carbocycles. The Morgan fingerprint density at radius 3 is 2.74 bits per heavy atom. The summed E-state index contributed by atoms with van der Waals surface area (Å²) in [5.74, 6) is 0. The molecule has 0 fully saturated rings. The molecule has 0 saturated carbocycles. The van der Waals surface area contributed by atoms with Crippen LogP contribution in [0.5, 0.6) is 0 Å². The fourth-order valence-electron chi connectivity index (χ4n) is 1.94. The summed E-state index contributed by atoms with van der Waals surface area (Å²) in [4.78, 5) is 3.82. The highest BCUT2D eigenvalue weighted by Gasteiger charge is 2.17. The molecule has 0 radical (unpaired) electrons. The van der Waals surface area contributed by atoms with Crippen LogP contribution in [-0.4, -0.2) is 12.0 Å². The molecule has 0 aliphatic rings. The number of nitrogens with two attached hydrogens (primary N) is 1. The predicted molar refractivity (Wildman–Crippen MR) is 88.5 cm³/mol. The Hall–Kier alpha value is -1.10. The van der Waals surface area contributed by atoms with E-state index in [0.717, 1.165) is 11.3 Å². The number of thiocarbonyl (C=S) groups is 1. The second kappa shape index (κ2) is 5.90. The van der Waals surface area contributed by atoms with Crippen LogP contribution in [0, 0.1) is 0 Å². The van der Waals surface area contributed by atoms with Crippen molar-refractivity contribution in [1.29, 1.82) is 0 Å². The zero-order chi connectivity index (χ0) is 14.0. The van der Waals surface area contributed by atoms with Gasteiger partial charge < -0.3 is 10.6 Å². The summed E-state index contributed by atoms with van der Waals surface area (Å²) in [5.41, 5.74) is 7.60. The Balaban J connectivity index is 2.38. The minimum absolute atomic E-state index is 0.259. The van der Waals surface area contributed by atoms with Crippen molar-refractivity contribution in [3.8, 4) is 0 Å². The number of anilines is 1. The Morgan fingerprint density at radius 1 is 1.42 bits per heavy atom. The summed E-state index contributed by atoms with van der Waals surface area (Å²) >= 11 is 12.9. The van der Waals surface area contributed by atoms with Crippen LogP contribution in [0.25, 0.3) is 0 Å². The number of rotatable bonds is 4. The van der Waals surface area contributed by atoms with E-state index in [1.165, 1.54) is 4.88 Å². The molecule has 2 nitrogen and oxygen atoms in total. The predicted octanol–water partition coefficient (Wildman–Crippen LogP) is 4.23. The highest BCUT2D eigenvalue weighted by Crippen LogP contribution is 2.31. The number of thiophene rings is 1. The van der Waals surface area contributed by atoms with E-state index >= 15 is 0 Å². The standard InChI is InChI=1S/C14H15ClN2S2/c1-9(13-4-3-7-19-13)17(2)12-6-5-10(15)8-11(12)14(16)18/h3-9H,1-2H3,(H2,16,18). The summed E-state index contributed by atoms with van der Waals surface area (Å²) in [7, 11) is 2.04. The van der Waals surface area contributed by atoms with E-state index in [1.54, 1.807) is 11.3 Å². The molecular formula is C14H15ClN2S2. The molecule has 100 valence electrons. The van der Waals surface area contributed by atoms with E-state index in [2.05, 4.69) is 29.3 Å². The summed E-state index contributed by atoms with van der Waals surface area (Å²) in [6.07, 6.45) is 0. The largest absolute Gasteiger partial charge is 0.389 e. The monoisotopic (exact) mass is 310 g/mol. The van der Waals surface area contributed by atoms with E-state index in [1.807, 2.05) is 25.2 Å². The Morgan fingerprint density at radius 2 is 2.16 bits per heavy atom. The van der Waals surface area contributed by atoms with Crippen molar-refractivity contribution in [2.75, 3.05) is 11.9 Å². The van der Waals surface area contributed by atoms with Crippen LogP contribution in [0.15, 0.2) is 35.7 Å². The van der Waals surface area contributed by atoms with Crippen LogP contribution < -0.4 is 10.6 Å². The van der Waals surface area contributed by atoms with Gasteiger partial charge in [-0.1, -0.05) is 29.9 Å². The Labute approximate surface area is 127 Å². The maximum absolute atomic E-state index is 6.01. The molecule has 1 aromatic heterocycles. The van der Waals surface area contributed by atoms with Gasteiger partial charge in [-0.2, -0.15) is 0 Å². The lowest BCUT2D eigenvalue weighted by Crippen LogP contribution is -2.24. The van der Waals surface area contributed by atoms with Crippen LogP contribution in [0.1, 0.15) is 23.4 Å². The van der Waals surface area contributed by atoms with Gasteiger partial charge in [0.2, 0.25) is 0 Å². The first-order valence-electron chi connectivity index (χ1n) is 5.86. The van der Waals surface area contributed by atoms with Gasteiger partial charge in [-0.25, -0.2) is 0 Å². The zero-order valence-electron chi connectivity index (χ0n) is 10.8. The number of hydrogen-bond acceptors (Lipinski definition) is 3. The first-order chi connectivity index (χ1) is 9.00. The smallest absolute Gasteiger partial charge is 0.106 e. The molecular weight excluding hydrogens is 296 g/mol. The van der Waals surface area contributed by atoms with Gasteiger partial charge in [0, 0.05) is 28.2 Å². The molecule has 0 spiro atoms. The Kier molecular flexibility index (Phi) is 4.45. The van der Waals surface area contributed by atoms with Crippen LogP contribution in [-0.2, 0) is 0 Å². The van der Waals surface area contributed by atoms with Gasteiger partial charge in [0.25, 0.3) is 0 Å². The summed E-state index contributed by atoms with van der Waals surface area (Å²) in [6, 6.07) is 10.1. The first kappa shape index (κ1) is 14.3. The van der Waals surface area contributed by atoms with Gasteiger partial charge >= 0.3 is 0 Å². The topological polar surface area (TPSA) is 29.3 Å². The number of benzene rings is 1. The molecule has 2 N–H and O–H groups in total. The van der Waals surface area contributed by atoms with Gasteiger partial charge in [0.05, 0.1) is 6.04 Å². The molecule has 5 heteroatoms. The fraction of sp³-hybridized carbons (Fsp3) is 0.214. The summed E-state index contributed by atoms with van der Waals surface area (Å²) in [5, 5.41) is 2.72. The third-order valence-corrected chi connectivity index (χ3v) is 4.64. The zero-order valence-corrected chi connectivity index (χ0v) is 13.1. The quantitative estimate of drug-likeness (QED) is 0.857. The molecule has 2 rings (SSSR count). The van der Waals surface area contributed by atoms with Crippen LogP contribution in [0.4, 0.5) is 5.69 Å². The first-order valence-corrected chi connectivity index (χ1v) is 7.53. The Bertz CT molecular complexity index is 581. The minimum Gasteiger partial charge on any atom is -0.389 e. The average molecular weight is 311 g/mol. The van der Waals surface area contributed by atoms with Crippen LogP contribution >= 0.6 is 35.2 Å². The van der Waals surface area contributed by atoms with Crippen molar-refractivity contribution < 1.29 is 0 Å². The molecule has 1 unspecified atom stereocenters. The van der Waals surface area contributed by atoms with Crippen molar-refractivity contribution >= 4 is 45.8 Å². The van der Waals surface area contributed by atoms with E-state index in [9.17, 15) is 0 Å². The van der Waals surface area contributed by atoms with Gasteiger partial charge in [-0.15, -0.1) is 11.3 Å². The van der Waals surface area contributed by atoms with Crippen molar-refractivity contribution in [2.45, 2.75) is 13.0 Å². The molecule has 1 atom stereocenters. The lowest BCUT2D eigenvalue weighted by atomic mass is 10.1. The van der Waals surface area contributed by atoms with Gasteiger partial charge in [0.15, 0.2) is 0 Å². The highest BCUT2D eigenvalue weighted by molar-refractivity contribution is 7.80. The van der Waals surface area contributed by atoms with Crippen LogP contribution in [0.2, 0.25) is 5.02 Å².